The number of halogens is 1. The molecule has 3 aromatic heterocycles. The minimum atomic E-state index is -0.417. The quantitative estimate of drug-likeness (QED) is 0.596. The highest BCUT2D eigenvalue weighted by Gasteiger charge is 2.11. The number of aromatic hydroxyl groups is 1. The van der Waals surface area contributed by atoms with Gasteiger partial charge >= 0.3 is 0 Å². The molecule has 4 rings (SSSR count). The van der Waals surface area contributed by atoms with Crippen LogP contribution in [-0.2, 0) is 0 Å². The molecule has 108 valence electrons. The third-order valence-electron chi connectivity index (χ3n) is 3.51. The second-order valence-corrected chi connectivity index (χ2v) is 4.88. The summed E-state index contributed by atoms with van der Waals surface area (Å²) in [6, 6.07) is 9.29. The number of nitrogens with one attached hydrogen (secondary N) is 1. The number of rotatable bonds is 2. The smallest absolute Gasteiger partial charge is 0.139 e. The number of pyridine rings is 1. The topological polar surface area (TPSA) is 66.7 Å². The molecule has 22 heavy (non-hydrogen) atoms. The molecule has 0 saturated carbocycles. The van der Waals surface area contributed by atoms with Gasteiger partial charge in [0.05, 0.1) is 11.4 Å². The van der Waals surface area contributed by atoms with Crippen molar-refractivity contribution >= 4 is 11.0 Å². The Morgan fingerprint density at radius 1 is 1.14 bits per heavy atom. The summed E-state index contributed by atoms with van der Waals surface area (Å²) in [5, 5.41) is 15.2. The average molecular weight is 294 g/mol. The van der Waals surface area contributed by atoms with E-state index in [-0.39, 0.29) is 5.75 Å². The lowest BCUT2D eigenvalue weighted by molar-refractivity contribution is 0.475. The minimum Gasteiger partial charge on any atom is -0.507 e. The lowest BCUT2D eigenvalue weighted by Gasteiger charge is -2.04. The molecule has 5 nitrogen and oxygen atoms in total. The van der Waals surface area contributed by atoms with E-state index in [2.05, 4.69) is 15.1 Å². The summed E-state index contributed by atoms with van der Waals surface area (Å²) in [5.74, 6) is -0.424. The van der Waals surface area contributed by atoms with E-state index in [0.29, 0.717) is 11.3 Å². The standard InChI is InChI=1S/C16H11FN4O/c17-10-1-2-15(22)12(9-10)13-5-8-21(20-13)14-4-7-19-16-11(14)3-6-18-16/h1-9,22H,(H,18,19). The molecule has 0 radical (unpaired) electrons. The van der Waals surface area contributed by atoms with Gasteiger partial charge in [-0.15, -0.1) is 0 Å². The molecule has 6 heteroatoms. The zero-order valence-electron chi connectivity index (χ0n) is 11.4. The minimum absolute atomic E-state index is 0.00632. The second-order valence-electron chi connectivity index (χ2n) is 4.88. The summed E-state index contributed by atoms with van der Waals surface area (Å²) in [7, 11) is 0. The van der Waals surface area contributed by atoms with Crippen LogP contribution >= 0.6 is 0 Å². The van der Waals surface area contributed by atoms with Gasteiger partial charge in [0.15, 0.2) is 0 Å². The molecule has 0 atom stereocenters. The van der Waals surface area contributed by atoms with Crippen molar-refractivity contribution in [2.75, 3.05) is 0 Å². The van der Waals surface area contributed by atoms with Crippen molar-refractivity contribution < 1.29 is 9.50 Å². The summed E-state index contributed by atoms with van der Waals surface area (Å²) in [5.41, 5.74) is 2.48. The van der Waals surface area contributed by atoms with Crippen molar-refractivity contribution in [1.29, 1.82) is 0 Å². The molecule has 4 aromatic rings. The monoisotopic (exact) mass is 294 g/mol. The fourth-order valence-electron chi connectivity index (χ4n) is 2.46. The van der Waals surface area contributed by atoms with Gasteiger partial charge in [-0.05, 0) is 36.4 Å². The third kappa shape index (κ3) is 1.93. The van der Waals surface area contributed by atoms with Crippen molar-refractivity contribution in [3.05, 3.63) is 60.8 Å². The van der Waals surface area contributed by atoms with Crippen LogP contribution in [0.3, 0.4) is 0 Å². The number of benzene rings is 1. The number of phenolic OH excluding ortho intramolecular Hbond substituents is 1. The van der Waals surface area contributed by atoms with E-state index < -0.39 is 5.82 Å². The lowest BCUT2D eigenvalue weighted by Crippen LogP contribution is -1.96. The molecule has 1 aromatic carbocycles. The van der Waals surface area contributed by atoms with Crippen LogP contribution in [0.2, 0.25) is 0 Å². The fraction of sp³-hybridized carbons (Fsp3) is 0. The summed E-state index contributed by atoms with van der Waals surface area (Å²) in [6.07, 6.45) is 5.26. The van der Waals surface area contributed by atoms with Gasteiger partial charge in [0.1, 0.15) is 17.2 Å². The first-order chi connectivity index (χ1) is 10.7. The maximum absolute atomic E-state index is 13.4. The van der Waals surface area contributed by atoms with E-state index in [9.17, 15) is 9.50 Å². The zero-order chi connectivity index (χ0) is 15.1. The highest BCUT2D eigenvalue weighted by molar-refractivity contribution is 5.84. The summed E-state index contributed by atoms with van der Waals surface area (Å²) in [4.78, 5) is 7.27. The van der Waals surface area contributed by atoms with Crippen LogP contribution in [0.4, 0.5) is 4.39 Å². The maximum atomic E-state index is 13.4. The Morgan fingerprint density at radius 2 is 2.05 bits per heavy atom. The van der Waals surface area contributed by atoms with Gasteiger partial charge in [-0.1, -0.05) is 0 Å². The Balaban J connectivity index is 1.85. The number of aromatic amines is 1. The predicted octanol–water partition coefficient (Wildman–Crippen LogP) is 3.26. The summed E-state index contributed by atoms with van der Waals surface area (Å²) < 4.78 is 15.0. The number of aromatic nitrogens is 4. The van der Waals surface area contributed by atoms with Crippen molar-refractivity contribution in [3.8, 4) is 22.7 Å². The van der Waals surface area contributed by atoms with Crippen molar-refractivity contribution in [1.82, 2.24) is 19.7 Å². The second kappa shape index (κ2) is 4.70. The molecular weight excluding hydrogens is 283 g/mol. The Kier molecular flexibility index (Phi) is 2.69. The Hall–Kier alpha value is -3.15. The molecule has 0 spiro atoms. The maximum Gasteiger partial charge on any atom is 0.139 e. The van der Waals surface area contributed by atoms with Gasteiger partial charge in [-0.25, -0.2) is 14.1 Å². The molecule has 0 bridgehead atoms. The molecule has 0 amide bonds. The first-order valence-electron chi connectivity index (χ1n) is 6.69. The van der Waals surface area contributed by atoms with Gasteiger partial charge in [-0.2, -0.15) is 5.10 Å². The molecule has 0 fully saturated rings. The van der Waals surface area contributed by atoms with Crippen LogP contribution in [0.1, 0.15) is 0 Å². The predicted molar refractivity (Wildman–Crippen MR) is 80.3 cm³/mol. The largest absolute Gasteiger partial charge is 0.507 e. The van der Waals surface area contributed by atoms with E-state index in [0.717, 1.165) is 16.7 Å². The van der Waals surface area contributed by atoms with Crippen LogP contribution in [-0.4, -0.2) is 24.9 Å². The SMILES string of the molecule is Oc1ccc(F)cc1-c1ccn(-c2ccnc3[nH]ccc23)n1. The van der Waals surface area contributed by atoms with E-state index in [1.807, 2.05) is 18.3 Å². The average Bonchev–Trinajstić information content (AvgIpc) is 3.17. The van der Waals surface area contributed by atoms with Crippen LogP contribution in [0.5, 0.6) is 5.75 Å². The Morgan fingerprint density at radius 3 is 2.95 bits per heavy atom. The molecular formula is C16H11FN4O. The van der Waals surface area contributed by atoms with Crippen molar-refractivity contribution in [2.24, 2.45) is 0 Å². The van der Waals surface area contributed by atoms with E-state index >= 15 is 0 Å². The molecule has 0 aliphatic carbocycles. The van der Waals surface area contributed by atoms with E-state index in [1.165, 1.54) is 18.2 Å². The normalized spacial score (nSPS) is 11.1. The van der Waals surface area contributed by atoms with E-state index in [1.54, 1.807) is 23.1 Å². The van der Waals surface area contributed by atoms with E-state index in [4.69, 9.17) is 0 Å². The third-order valence-corrected chi connectivity index (χ3v) is 3.51. The number of hydrogen-bond donors (Lipinski definition) is 2. The molecule has 0 aliphatic heterocycles. The van der Waals surface area contributed by atoms with Crippen molar-refractivity contribution in [3.63, 3.8) is 0 Å². The summed E-state index contributed by atoms with van der Waals surface area (Å²) in [6.45, 7) is 0. The van der Waals surface area contributed by atoms with Crippen molar-refractivity contribution in [2.45, 2.75) is 0 Å². The first-order valence-corrected chi connectivity index (χ1v) is 6.69. The Bertz CT molecular complexity index is 973. The number of phenols is 1. The molecule has 3 heterocycles. The van der Waals surface area contributed by atoms with Crippen LogP contribution in [0.15, 0.2) is 55.0 Å². The number of nitrogens with zero attached hydrogens (tertiary/aromatic N) is 3. The Labute approximate surface area is 124 Å². The highest BCUT2D eigenvalue weighted by atomic mass is 19.1. The molecule has 0 saturated heterocycles. The van der Waals surface area contributed by atoms with Gasteiger partial charge in [0.2, 0.25) is 0 Å². The first kappa shape index (κ1) is 12.6. The van der Waals surface area contributed by atoms with Gasteiger partial charge in [-0.3, -0.25) is 0 Å². The molecule has 0 unspecified atom stereocenters. The van der Waals surface area contributed by atoms with Gasteiger partial charge < -0.3 is 10.1 Å². The molecule has 2 N–H and O–H groups in total. The number of fused-ring (bicyclic) bond motifs is 1. The summed E-state index contributed by atoms with van der Waals surface area (Å²) >= 11 is 0. The van der Waals surface area contributed by atoms with Crippen LogP contribution in [0.25, 0.3) is 28.0 Å². The molecule has 0 aliphatic rings. The lowest BCUT2D eigenvalue weighted by atomic mass is 10.1. The van der Waals surface area contributed by atoms with Crippen LogP contribution in [0, 0.1) is 5.82 Å². The zero-order valence-corrected chi connectivity index (χ0v) is 11.4. The number of H-pyrrole nitrogens is 1. The van der Waals surface area contributed by atoms with Gasteiger partial charge in [0.25, 0.3) is 0 Å². The highest BCUT2D eigenvalue weighted by Crippen LogP contribution is 2.29. The fourth-order valence-corrected chi connectivity index (χ4v) is 2.46. The van der Waals surface area contributed by atoms with Crippen LogP contribution < -0.4 is 0 Å². The van der Waals surface area contributed by atoms with Gasteiger partial charge in [0, 0.05) is 29.5 Å². The number of hydrogen-bond acceptors (Lipinski definition) is 3.